The molecule has 0 amide bonds. The Hall–Kier alpha value is -2.68. The molecule has 9 heteroatoms. The lowest BCUT2D eigenvalue weighted by Gasteiger charge is -2.13. The van der Waals surface area contributed by atoms with Crippen LogP contribution in [0.1, 0.15) is 36.5 Å². The molecule has 1 N–H and O–H groups in total. The molecule has 1 aliphatic heterocycles. The van der Waals surface area contributed by atoms with Crippen molar-refractivity contribution in [3.63, 3.8) is 0 Å². The molecule has 1 aromatic carbocycles. The van der Waals surface area contributed by atoms with Crippen LogP contribution >= 0.6 is 0 Å². The molecule has 8 nitrogen and oxygen atoms in total. The minimum Gasteiger partial charge on any atom is -0.360 e. The summed E-state index contributed by atoms with van der Waals surface area (Å²) in [6.07, 6.45) is 4.20. The van der Waals surface area contributed by atoms with Gasteiger partial charge in [0.1, 0.15) is 11.5 Å². The number of para-hydroxylation sites is 1. The first-order valence-corrected chi connectivity index (χ1v) is 10.4. The van der Waals surface area contributed by atoms with Gasteiger partial charge in [-0.05, 0) is 38.8 Å². The maximum atomic E-state index is 12.9. The average Bonchev–Trinajstić information content (AvgIpc) is 3.09. The van der Waals surface area contributed by atoms with Crippen molar-refractivity contribution in [3.8, 4) is 11.4 Å². The van der Waals surface area contributed by atoms with E-state index in [0.717, 1.165) is 38.1 Å². The van der Waals surface area contributed by atoms with Crippen LogP contribution in [0.5, 0.6) is 0 Å². The van der Waals surface area contributed by atoms with Gasteiger partial charge in [-0.25, -0.2) is 8.42 Å². The second kappa shape index (κ2) is 6.80. The SMILES string of the molecule is Cc1noc(C)c1S(=O)(=O)Nc1ccccc1-c1nnc2n1CCCCC2. The minimum absolute atomic E-state index is 0.0670. The van der Waals surface area contributed by atoms with Crippen LogP contribution in [0, 0.1) is 13.8 Å². The highest BCUT2D eigenvalue weighted by molar-refractivity contribution is 7.92. The molecule has 27 heavy (non-hydrogen) atoms. The Morgan fingerprint density at radius 1 is 1.11 bits per heavy atom. The summed E-state index contributed by atoms with van der Waals surface area (Å²) in [6.45, 7) is 4.02. The fraction of sp³-hybridized carbons (Fsp3) is 0.389. The van der Waals surface area contributed by atoms with Crippen LogP contribution in [0.2, 0.25) is 0 Å². The molecule has 0 atom stereocenters. The van der Waals surface area contributed by atoms with Crippen molar-refractivity contribution in [1.82, 2.24) is 19.9 Å². The summed E-state index contributed by atoms with van der Waals surface area (Å²) in [5.41, 5.74) is 1.49. The Morgan fingerprint density at radius 3 is 2.70 bits per heavy atom. The summed E-state index contributed by atoms with van der Waals surface area (Å²) < 4.78 is 35.6. The third kappa shape index (κ3) is 3.23. The average molecular weight is 387 g/mol. The van der Waals surface area contributed by atoms with E-state index in [1.165, 1.54) is 0 Å². The van der Waals surface area contributed by atoms with E-state index in [4.69, 9.17) is 4.52 Å². The van der Waals surface area contributed by atoms with Crippen LogP contribution in [0.25, 0.3) is 11.4 Å². The maximum absolute atomic E-state index is 12.9. The van der Waals surface area contributed by atoms with E-state index in [9.17, 15) is 8.42 Å². The zero-order valence-electron chi connectivity index (χ0n) is 15.3. The van der Waals surface area contributed by atoms with Gasteiger partial charge >= 0.3 is 0 Å². The predicted octanol–water partition coefficient (Wildman–Crippen LogP) is 3.08. The third-order valence-corrected chi connectivity index (χ3v) is 6.37. The van der Waals surface area contributed by atoms with E-state index < -0.39 is 10.0 Å². The van der Waals surface area contributed by atoms with Crippen LogP contribution in [0.15, 0.2) is 33.7 Å². The van der Waals surface area contributed by atoms with Gasteiger partial charge in [-0.3, -0.25) is 4.72 Å². The van der Waals surface area contributed by atoms with Gasteiger partial charge in [-0.2, -0.15) is 0 Å². The lowest BCUT2D eigenvalue weighted by atomic mass is 10.1. The lowest BCUT2D eigenvalue weighted by molar-refractivity contribution is 0.390. The van der Waals surface area contributed by atoms with Gasteiger partial charge < -0.3 is 9.09 Å². The smallest absolute Gasteiger partial charge is 0.267 e. The molecular weight excluding hydrogens is 366 g/mol. The Morgan fingerprint density at radius 2 is 1.93 bits per heavy atom. The van der Waals surface area contributed by atoms with Crippen molar-refractivity contribution < 1.29 is 12.9 Å². The molecule has 0 aliphatic carbocycles. The number of fused-ring (bicyclic) bond motifs is 1. The molecule has 0 fully saturated rings. The Kier molecular flexibility index (Phi) is 4.47. The number of rotatable bonds is 4. The van der Waals surface area contributed by atoms with Gasteiger partial charge in [0.15, 0.2) is 16.5 Å². The molecule has 142 valence electrons. The van der Waals surface area contributed by atoms with Gasteiger partial charge in [-0.15, -0.1) is 10.2 Å². The van der Waals surface area contributed by atoms with Gasteiger partial charge in [0.05, 0.1) is 5.69 Å². The van der Waals surface area contributed by atoms with Crippen molar-refractivity contribution in [1.29, 1.82) is 0 Å². The standard InChI is InChI=1S/C18H21N5O3S/c1-12-17(13(2)26-21-12)27(24,25)22-15-9-6-5-8-14(15)18-20-19-16-10-4-3-7-11-23(16)18/h5-6,8-9,22H,3-4,7,10-11H2,1-2H3. The zero-order valence-corrected chi connectivity index (χ0v) is 16.1. The molecule has 0 saturated heterocycles. The first-order valence-electron chi connectivity index (χ1n) is 8.94. The molecule has 4 rings (SSSR count). The zero-order chi connectivity index (χ0) is 19.0. The Bertz CT molecular complexity index is 1060. The van der Waals surface area contributed by atoms with E-state index in [2.05, 4.69) is 24.6 Å². The number of aryl methyl sites for hydroxylation is 3. The number of benzene rings is 1. The van der Waals surface area contributed by atoms with Gasteiger partial charge in [0, 0.05) is 18.5 Å². The second-order valence-electron chi connectivity index (χ2n) is 6.71. The van der Waals surface area contributed by atoms with E-state index in [1.807, 2.05) is 12.1 Å². The minimum atomic E-state index is -3.84. The van der Waals surface area contributed by atoms with Crippen molar-refractivity contribution in [2.45, 2.75) is 51.0 Å². The number of hydrogen-bond donors (Lipinski definition) is 1. The number of nitrogens with zero attached hydrogens (tertiary/aromatic N) is 4. The number of aromatic nitrogens is 4. The normalized spacial score (nSPS) is 14.6. The van der Waals surface area contributed by atoms with Gasteiger partial charge in [-0.1, -0.05) is 23.7 Å². The highest BCUT2D eigenvalue weighted by atomic mass is 32.2. The molecule has 3 aromatic rings. The number of nitrogens with one attached hydrogen (secondary N) is 1. The van der Waals surface area contributed by atoms with E-state index >= 15 is 0 Å². The molecule has 1 aliphatic rings. The monoisotopic (exact) mass is 387 g/mol. The summed E-state index contributed by atoms with van der Waals surface area (Å²) in [5.74, 6) is 1.89. The molecule has 2 aromatic heterocycles. The summed E-state index contributed by atoms with van der Waals surface area (Å²) >= 11 is 0. The topological polar surface area (TPSA) is 103 Å². The molecule has 0 unspecified atom stereocenters. The molecule has 3 heterocycles. The fourth-order valence-corrected chi connectivity index (χ4v) is 4.92. The summed E-state index contributed by atoms with van der Waals surface area (Å²) in [7, 11) is -3.84. The fourth-order valence-electron chi connectivity index (χ4n) is 3.51. The molecule has 0 radical (unpaired) electrons. The predicted molar refractivity (Wildman–Crippen MR) is 99.8 cm³/mol. The number of hydrogen-bond acceptors (Lipinski definition) is 6. The van der Waals surface area contributed by atoms with Crippen LogP contribution in [-0.4, -0.2) is 28.3 Å². The first kappa shape index (κ1) is 17.7. The van der Waals surface area contributed by atoms with E-state index in [1.54, 1.807) is 26.0 Å². The molecule has 0 spiro atoms. The summed E-state index contributed by atoms with van der Waals surface area (Å²) in [5, 5.41) is 12.4. The van der Waals surface area contributed by atoms with Gasteiger partial charge in [0.25, 0.3) is 10.0 Å². The van der Waals surface area contributed by atoms with Crippen molar-refractivity contribution in [2.75, 3.05) is 4.72 Å². The summed E-state index contributed by atoms with van der Waals surface area (Å²) in [6, 6.07) is 7.23. The van der Waals surface area contributed by atoms with Crippen LogP contribution in [0.4, 0.5) is 5.69 Å². The summed E-state index contributed by atoms with van der Waals surface area (Å²) in [4.78, 5) is 0.0670. The first-order chi connectivity index (χ1) is 13.0. The number of sulfonamides is 1. The quantitative estimate of drug-likeness (QED) is 0.738. The van der Waals surface area contributed by atoms with Crippen LogP contribution < -0.4 is 4.72 Å². The van der Waals surface area contributed by atoms with Crippen molar-refractivity contribution in [3.05, 3.63) is 41.5 Å². The molecular formula is C18H21N5O3S. The maximum Gasteiger partial charge on any atom is 0.267 e. The third-order valence-electron chi connectivity index (χ3n) is 4.76. The van der Waals surface area contributed by atoms with E-state index in [0.29, 0.717) is 22.8 Å². The second-order valence-corrected chi connectivity index (χ2v) is 8.33. The van der Waals surface area contributed by atoms with Crippen molar-refractivity contribution in [2.24, 2.45) is 0 Å². The van der Waals surface area contributed by atoms with E-state index in [-0.39, 0.29) is 10.7 Å². The van der Waals surface area contributed by atoms with Crippen LogP contribution in [-0.2, 0) is 23.0 Å². The van der Waals surface area contributed by atoms with Crippen molar-refractivity contribution >= 4 is 15.7 Å². The largest absolute Gasteiger partial charge is 0.360 e. The molecule has 0 saturated carbocycles. The highest BCUT2D eigenvalue weighted by Gasteiger charge is 2.26. The van der Waals surface area contributed by atoms with Gasteiger partial charge in [0.2, 0.25) is 0 Å². The lowest BCUT2D eigenvalue weighted by Crippen LogP contribution is -2.15. The Balaban J connectivity index is 1.76. The Labute approximate surface area is 157 Å². The number of anilines is 1. The molecule has 0 bridgehead atoms. The van der Waals surface area contributed by atoms with Crippen LogP contribution in [0.3, 0.4) is 0 Å². The highest BCUT2D eigenvalue weighted by Crippen LogP contribution is 2.31.